The van der Waals surface area contributed by atoms with Gasteiger partial charge in [0, 0.05) is 0 Å². The van der Waals surface area contributed by atoms with Gasteiger partial charge in [-0.15, -0.1) is 0 Å². The van der Waals surface area contributed by atoms with Crippen molar-refractivity contribution in [3.63, 3.8) is 0 Å². The highest BCUT2D eigenvalue weighted by Gasteiger charge is 2.41. The summed E-state index contributed by atoms with van der Waals surface area (Å²) < 4.78 is 0. The van der Waals surface area contributed by atoms with Gasteiger partial charge in [0.05, 0.1) is 0 Å². The van der Waals surface area contributed by atoms with Crippen molar-refractivity contribution < 1.29 is 0 Å². The summed E-state index contributed by atoms with van der Waals surface area (Å²) in [5, 5.41) is 1.67. The predicted molar refractivity (Wildman–Crippen MR) is 59.0 cm³/mol. The van der Waals surface area contributed by atoms with Crippen molar-refractivity contribution in [1.29, 1.82) is 0 Å². The van der Waals surface area contributed by atoms with Crippen LogP contribution in [0.4, 0.5) is 0 Å². The van der Waals surface area contributed by atoms with Gasteiger partial charge in [-0.05, 0) is 42.3 Å². The first-order chi connectivity index (χ1) is 6.45. The van der Waals surface area contributed by atoms with Crippen LogP contribution in [0, 0.1) is 0 Å². The fraction of sp³-hybridized carbons (Fsp3) is 0.500. The smallest absolute Gasteiger partial charge is 0.0166 e. The fourth-order valence-corrected chi connectivity index (χ4v) is 5.39. The highest BCUT2D eigenvalue weighted by molar-refractivity contribution is 7.67. The summed E-state index contributed by atoms with van der Waals surface area (Å²) in [6.45, 7) is 0. The number of hydrogen-bond acceptors (Lipinski definition) is 0. The molecule has 0 nitrogen and oxygen atoms in total. The molecular formula is C12H15P. The summed E-state index contributed by atoms with van der Waals surface area (Å²) in [5.41, 5.74) is 2.20. The topological polar surface area (TPSA) is 0 Å². The maximum Gasteiger partial charge on any atom is -0.0166 e. The fourth-order valence-electron chi connectivity index (χ4n) is 2.03. The Labute approximate surface area is 81.1 Å². The maximum absolute atomic E-state index is 2.35. The Kier molecular flexibility index (Phi) is 1.91. The van der Waals surface area contributed by atoms with Gasteiger partial charge in [-0.1, -0.05) is 38.3 Å². The highest BCUT2D eigenvalue weighted by Crippen LogP contribution is 2.62. The van der Waals surface area contributed by atoms with E-state index in [2.05, 4.69) is 30.3 Å². The Morgan fingerprint density at radius 2 is 1.38 bits per heavy atom. The minimum absolute atomic E-state index is 0.248. The van der Waals surface area contributed by atoms with Crippen molar-refractivity contribution in [1.82, 2.24) is 0 Å². The third-order valence-corrected chi connectivity index (χ3v) is 6.44. The molecule has 1 aromatic rings. The van der Waals surface area contributed by atoms with Crippen molar-refractivity contribution in [2.24, 2.45) is 0 Å². The lowest BCUT2D eigenvalue weighted by Gasteiger charge is -2.16. The first kappa shape index (κ1) is 8.00. The third kappa shape index (κ3) is 1.65. The van der Waals surface area contributed by atoms with Crippen LogP contribution in [-0.4, -0.2) is 11.3 Å². The third-order valence-electron chi connectivity index (χ3n) is 2.93. The minimum Gasteiger partial charge on any atom is -0.0690 e. The van der Waals surface area contributed by atoms with Crippen LogP contribution in [-0.2, 0) is 0 Å². The SMILES string of the molecule is c1ccc(P(C2CC2)C2CC2)cc1. The maximum atomic E-state index is 2.35. The Hall–Kier alpha value is -0.350. The molecule has 13 heavy (non-hydrogen) atoms. The summed E-state index contributed by atoms with van der Waals surface area (Å²) in [4.78, 5) is 0. The number of rotatable bonds is 3. The second-order valence-electron chi connectivity index (χ2n) is 4.21. The zero-order valence-corrected chi connectivity index (χ0v) is 8.71. The zero-order valence-electron chi connectivity index (χ0n) is 7.82. The molecule has 2 aliphatic carbocycles. The molecule has 0 spiro atoms. The van der Waals surface area contributed by atoms with Crippen LogP contribution in [0.5, 0.6) is 0 Å². The normalized spacial score (nSPS) is 22.2. The summed E-state index contributed by atoms with van der Waals surface area (Å²) in [7, 11) is 0.248. The van der Waals surface area contributed by atoms with E-state index in [4.69, 9.17) is 0 Å². The summed E-state index contributed by atoms with van der Waals surface area (Å²) in [6, 6.07) is 11.2. The van der Waals surface area contributed by atoms with Crippen LogP contribution in [0.1, 0.15) is 25.7 Å². The van der Waals surface area contributed by atoms with Crippen LogP contribution in [0.3, 0.4) is 0 Å². The molecule has 68 valence electrons. The van der Waals surface area contributed by atoms with Gasteiger partial charge in [0.25, 0.3) is 0 Å². The van der Waals surface area contributed by atoms with Crippen molar-refractivity contribution >= 4 is 13.2 Å². The number of benzene rings is 1. The van der Waals surface area contributed by atoms with Gasteiger partial charge in [-0.2, -0.15) is 0 Å². The van der Waals surface area contributed by atoms with Crippen molar-refractivity contribution in [2.45, 2.75) is 37.0 Å². The molecule has 0 atom stereocenters. The lowest BCUT2D eigenvalue weighted by molar-refractivity contribution is 1.38. The first-order valence-corrected chi connectivity index (χ1v) is 6.76. The lowest BCUT2D eigenvalue weighted by atomic mass is 10.4. The summed E-state index contributed by atoms with van der Waals surface area (Å²) in [5.74, 6) is 0. The van der Waals surface area contributed by atoms with Gasteiger partial charge >= 0.3 is 0 Å². The van der Waals surface area contributed by atoms with Crippen LogP contribution in [0.25, 0.3) is 0 Å². The number of hydrogen-bond donors (Lipinski definition) is 0. The van der Waals surface area contributed by atoms with Gasteiger partial charge in [0.15, 0.2) is 0 Å². The molecule has 0 aliphatic heterocycles. The molecule has 1 heteroatoms. The van der Waals surface area contributed by atoms with Crippen LogP contribution >= 0.6 is 7.92 Å². The molecule has 3 rings (SSSR count). The molecule has 0 radical (unpaired) electrons. The second kappa shape index (κ2) is 3.10. The van der Waals surface area contributed by atoms with Crippen molar-refractivity contribution in [2.75, 3.05) is 0 Å². The summed E-state index contributed by atoms with van der Waals surface area (Å²) in [6.07, 6.45) is 6.04. The highest BCUT2D eigenvalue weighted by atomic mass is 31.1. The molecule has 2 fully saturated rings. The van der Waals surface area contributed by atoms with Gasteiger partial charge in [0.2, 0.25) is 0 Å². The molecule has 2 aliphatic rings. The predicted octanol–water partition coefficient (Wildman–Crippen LogP) is 3.12. The van der Waals surface area contributed by atoms with Crippen LogP contribution < -0.4 is 5.30 Å². The quantitative estimate of drug-likeness (QED) is 0.642. The molecule has 2 saturated carbocycles. The molecule has 0 unspecified atom stereocenters. The molecule has 0 bridgehead atoms. The van der Waals surface area contributed by atoms with Crippen molar-refractivity contribution in [3.8, 4) is 0 Å². The van der Waals surface area contributed by atoms with Gasteiger partial charge in [-0.25, -0.2) is 0 Å². The molecule has 0 heterocycles. The molecule has 0 N–H and O–H groups in total. The van der Waals surface area contributed by atoms with E-state index in [1.807, 2.05) is 0 Å². The summed E-state index contributed by atoms with van der Waals surface area (Å²) >= 11 is 0. The monoisotopic (exact) mass is 190 g/mol. The Morgan fingerprint density at radius 1 is 0.846 bits per heavy atom. The Bertz CT molecular complexity index is 273. The van der Waals surface area contributed by atoms with E-state index in [1.54, 1.807) is 5.30 Å². The van der Waals surface area contributed by atoms with Gasteiger partial charge < -0.3 is 0 Å². The molecular weight excluding hydrogens is 175 g/mol. The van der Waals surface area contributed by atoms with Crippen LogP contribution in [0.2, 0.25) is 0 Å². The largest absolute Gasteiger partial charge is 0.0690 e. The Balaban J connectivity index is 1.87. The molecule has 0 saturated heterocycles. The lowest BCUT2D eigenvalue weighted by Crippen LogP contribution is -2.06. The van der Waals surface area contributed by atoms with E-state index in [0.717, 1.165) is 11.3 Å². The van der Waals surface area contributed by atoms with Gasteiger partial charge in [-0.3, -0.25) is 0 Å². The minimum atomic E-state index is 0.248. The van der Waals surface area contributed by atoms with E-state index in [-0.39, 0.29) is 7.92 Å². The van der Waals surface area contributed by atoms with E-state index >= 15 is 0 Å². The second-order valence-corrected chi connectivity index (χ2v) is 7.00. The van der Waals surface area contributed by atoms with Crippen LogP contribution in [0.15, 0.2) is 30.3 Å². The zero-order chi connectivity index (χ0) is 8.67. The average molecular weight is 190 g/mol. The van der Waals surface area contributed by atoms with Gasteiger partial charge in [0.1, 0.15) is 0 Å². The average Bonchev–Trinajstić information content (AvgIpc) is 3.00. The molecule has 0 aromatic heterocycles. The standard InChI is InChI=1S/C12H15P/c1-2-4-10(5-3-1)13(11-6-7-11)12-8-9-12/h1-5,11-12H,6-9H2. The van der Waals surface area contributed by atoms with Crippen molar-refractivity contribution in [3.05, 3.63) is 30.3 Å². The van der Waals surface area contributed by atoms with E-state index < -0.39 is 0 Å². The first-order valence-electron chi connectivity index (χ1n) is 5.28. The van der Waals surface area contributed by atoms with E-state index in [1.165, 1.54) is 25.7 Å². The van der Waals surface area contributed by atoms with E-state index in [0.29, 0.717) is 0 Å². The Morgan fingerprint density at radius 3 is 1.85 bits per heavy atom. The molecule has 0 amide bonds. The molecule has 1 aromatic carbocycles. The van der Waals surface area contributed by atoms with E-state index in [9.17, 15) is 0 Å².